The fourth-order valence-corrected chi connectivity index (χ4v) is 3.16. The van der Waals surface area contributed by atoms with Gasteiger partial charge in [-0.25, -0.2) is 9.97 Å². The maximum absolute atomic E-state index is 12.5. The minimum absolute atomic E-state index is 0.106. The molecule has 1 aliphatic carbocycles. The van der Waals surface area contributed by atoms with Crippen LogP contribution in [0.3, 0.4) is 0 Å². The molecule has 138 valence electrons. The van der Waals surface area contributed by atoms with Crippen molar-refractivity contribution in [3.63, 3.8) is 0 Å². The predicted molar refractivity (Wildman–Crippen MR) is 100 cm³/mol. The van der Waals surface area contributed by atoms with Gasteiger partial charge < -0.3 is 14.8 Å². The maximum Gasteiger partial charge on any atom is 0.222 e. The van der Waals surface area contributed by atoms with Gasteiger partial charge in [0, 0.05) is 32.4 Å². The molecule has 3 rings (SSSR count). The third kappa shape index (κ3) is 4.38. The molecule has 0 spiro atoms. The Hall–Kier alpha value is -2.47. The van der Waals surface area contributed by atoms with E-state index in [2.05, 4.69) is 15.3 Å². The van der Waals surface area contributed by atoms with Crippen molar-refractivity contribution in [2.24, 2.45) is 0 Å². The van der Waals surface area contributed by atoms with E-state index >= 15 is 0 Å². The Morgan fingerprint density at radius 1 is 1.23 bits per heavy atom. The van der Waals surface area contributed by atoms with Crippen molar-refractivity contribution in [1.82, 2.24) is 9.97 Å². The van der Waals surface area contributed by atoms with Crippen molar-refractivity contribution in [3.05, 3.63) is 47.3 Å². The van der Waals surface area contributed by atoms with Crippen LogP contribution in [0.4, 0.5) is 5.95 Å². The van der Waals surface area contributed by atoms with E-state index in [1.54, 1.807) is 13.3 Å². The second-order valence-corrected chi connectivity index (χ2v) is 6.33. The van der Waals surface area contributed by atoms with E-state index in [0.29, 0.717) is 24.5 Å². The highest BCUT2D eigenvalue weighted by Crippen LogP contribution is 2.32. The number of nitrogens with one attached hydrogen (secondary N) is 1. The molecule has 0 fully saturated rings. The summed E-state index contributed by atoms with van der Waals surface area (Å²) in [6.07, 6.45) is 3.77. The zero-order valence-electron chi connectivity index (χ0n) is 15.3. The van der Waals surface area contributed by atoms with Crippen LogP contribution in [0.25, 0.3) is 0 Å². The summed E-state index contributed by atoms with van der Waals surface area (Å²) in [5.74, 6) is 1.64. The van der Waals surface area contributed by atoms with Crippen LogP contribution in [-0.2, 0) is 11.2 Å². The third-order valence-corrected chi connectivity index (χ3v) is 4.58. The molecule has 0 aliphatic heterocycles. The summed E-state index contributed by atoms with van der Waals surface area (Å²) in [6, 6.07) is 7.91. The van der Waals surface area contributed by atoms with Crippen LogP contribution < -0.4 is 10.1 Å². The predicted octanol–water partition coefficient (Wildman–Crippen LogP) is 3.24. The van der Waals surface area contributed by atoms with Crippen molar-refractivity contribution in [2.75, 3.05) is 32.2 Å². The van der Waals surface area contributed by atoms with Crippen LogP contribution in [0, 0.1) is 0 Å². The first-order valence-electron chi connectivity index (χ1n) is 9.06. The number of carbonyl (C=O) groups excluding carboxylic acids is 1. The zero-order chi connectivity index (χ0) is 18.4. The second kappa shape index (κ2) is 8.76. The van der Waals surface area contributed by atoms with Gasteiger partial charge >= 0.3 is 0 Å². The Labute approximate surface area is 154 Å². The number of Topliss-reactive ketones (excluding diaryl/α,β-unsaturated/α-hetero) is 1. The summed E-state index contributed by atoms with van der Waals surface area (Å²) in [4.78, 5) is 21.4. The minimum atomic E-state index is 0.106. The monoisotopic (exact) mass is 355 g/mol. The van der Waals surface area contributed by atoms with Gasteiger partial charge in [-0.05, 0) is 43.4 Å². The number of ether oxygens (including phenoxy) is 2. The van der Waals surface area contributed by atoms with E-state index in [1.165, 1.54) is 0 Å². The number of carbonyl (C=O) groups is 1. The highest BCUT2D eigenvalue weighted by atomic mass is 16.5. The highest BCUT2D eigenvalue weighted by Gasteiger charge is 2.28. The van der Waals surface area contributed by atoms with Gasteiger partial charge in [-0.15, -0.1) is 0 Å². The normalized spacial score (nSPS) is 16.2. The second-order valence-electron chi connectivity index (χ2n) is 6.33. The number of hydrogen-bond donors (Lipinski definition) is 1. The fourth-order valence-electron chi connectivity index (χ4n) is 3.16. The molecule has 1 N–H and O–H groups in total. The molecule has 0 amide bonds. The number of benzene rings is 1. The lowest BCUT2D eigenvalue weighted by molar-refractivity contribution is 0.0962. The molecule has 1 aromatic heterocycles. The summed E-state index contributed by atoms with van der Waals surface area (Å²) in [5.41, 5.74) is 2.61. The van der Waals surface area contributed by atoms with Gasteiger partial charge in [0.2, 0.25) is 5.95 Å². The van der Waals surface area contributed by atoms with Crippen LogP contribution in [0.15, 0.2) is 30.5 Å². The summed E-state index contributed by atoms with van der Waals surface area (Å²) < 4.78 is 10.5. The number of ketones is 1. The molecule has 1 unspecified atom stereocenters. The SMILES string of the molecule is CCOCCCNc1ncc2c(n1)CC(c1ccc(OC)cc1)CC2=O. The van der Waals surface area contributed by atoms with E-state index < -0.39 is 0 Å². The van der Waals surface area contributed by atoms with Gasteiger partial charge in [0.25, 0.3) is 0 Å². The number of hydrogen-bond acceptors (Lipinski definition) is 6. The first-order chi connectivity index (χ1) is 12.7. The van der Waals surface area contributed by atoms with Crippen LogP contribution >= 0.6 is 0 Å². The lowest BCUT2D eigenvalue weighted by Gasteiger charge is -2.23. The van der Waals surface area contributed by atoms with Crippen molar-refractivity contribution in [2.45, 2.75) is 32.1 Å². The zero-order valence-corrected chi connectivity index (χ0v) is 15.3. The number of methoxy groups -OCH3 is 1. The topological polar surface area (TPSA) is 73.3 Å². The molecule has 2 aromatic rings. The molecule has 1 aromatic carbocycles. The van der Waals surface area contributed by atoms with Gasteiger partial charge in [0.1, 0.15) is 5.75 Å². The molecular formula is C20H25N3O3. The van der Waals surface area contributed by atoms with Gasteiger partial charge in [0.15, 0.2) is 5.78 Å². The third-order valence-electron chi connectivity index (χ3n) is 4.58. The van der Waals surface area contributed by atoms with Gasteiger partial charge in [-0.2, -0.15) is 0 Å². The smallest absolute Gasteiger partial charge is 0.222 e. The molecule has 0 saturated carbocycles. The van der Waals surface area contributed by atoms with E-state index in [9.17, 15) is 4.79 Å². The summed E-state index contributed by atoms with van der Waals surface area (Å²) in [7, 11) is 1.65. The molecule has 1 atom stereocenters. The Morgan fingerprint density at radius 3 is 2.77 bits per heavy atom. The van der Waals surface area contributed by atoms with E-state index in [4.69, 9.17) is 9.47 Å². The Bertz CT molecular complexity index is 746. The molecule has 0 radical (unpaired) electrons. The van der Waals surface area contributed by atoms with Crippen LogP contribution in [-0.4, -0.2) is 42.6 Å². The molecule has 1 heterocycles. The largest absolute Gasteiger partial charge is 0.497 e. The van der Waals surface area contributed by atoms with E-state index in [1.807, 2.05) is 31.2 Å². The molecule has 0 saturated heterocycles. The van der Waals surface area contributed by atoms with Crippen LogP contribution in [0.5, 0.6) is 5.75 Å². The average Bonchev–Trinajstić information content (AvgIpc) is 2.67. The number of nitrogens with zero attached hydrogens (tertiary/aromatic N) is 2. The van der Waals surface area contributed by atoms with E-state index in [0.717, 1.165) is 43.0 Å². The van der Waals surface area contributed by atoms with Crippen LogP contribution in [0.2, 0.25) is 0 Å². The van der Waals surface area contributed by atoms with Crippen molar-refractivity contribution >= 4 is 11.7 Å². The maximum atomic E-state index is 12.5. The molecular weight excluding hydrogens is 330 g/mol. The molecule has 6 nitrogen and oxygen atoms in total. The number of anilines is 1. The summed E-state index contributed by atoms with van der Waals surface area (Å²) in [5, 5.41) is 3.21. The lowest BCUT2D eigenvalue weighted by Crippen LogP contribution is -2.21. The average molecular weight is 355 g/mol. The first kappa shape index (κ1) is 18.3. The standard InChI is InChI=1S/C20H25N3O3/c1-3-26-10-4-9-21-20-22-13-17-18(23-20)11-15(12-19(17)24)14-5-7-16(25-2)8-6-14/h5-8,13,15H,3-4,9-12H2,1-2H3,(H,21,22,23). The molecule has 6 heteroatoms. The Morgan fingerprint density at radius 2 is 2.04 bits per heavy atom. The van der Waals surface area contributed by atoms with E-state index in [-0.39, 0.29) is 11.7 Å². The van der Waals surface area contributed by atoms with Crippen molar-refractivity contribution in [1.29, 1.82) is 0 Å². The quantitative estimate of drug-likeness (QED) is 0.733. The Balaban J connectivity index is 1.68. The summed E-state index contributed by atoms with van der Waals surface area (Å²) >= 11 is 0. The minimum Gasteiger partial charge on any atom is -0.497 e. The molecule has 0 bridgehead atoms. The number of aromatic nitrogens is 2. The fraction of sp³-hybridized carbons (Fsp3) is 0.450. The first-order valence-corrected chi connectivity index (χ1v) is 9.06. The Kier molecular flexibility index (Phi) is 6.17. The molecule has 26 heavy (non-hydrogen) atoms. The van der Waals surface area contributed by atoms with Gasteiger partial charge in [-0.1, -0.05) is 12.1 Å². The highest BCUT2D eigenvalue weighted by molar-refractivity contribution is 5.98. The summed E-state index contributed by atoms with van der Waals surface area (Å²) in [6.45, 7) is 4.17. The lowest BCUT2D eigenvalue weighted by atomic mass is 9.82. The molecule has 1 aliphatic rings. The van der Waals surface area contributed by atoms with Crippen molar-refractivity contribution in [3.8, 4) is 5.75 Å². The van der Waals surface area contributed by atoms with Crippen LogP contribution in [0.1, 0.15) is 47.3 Å². The van der Waals surface area contributed by atoms with Gasteiger partial charge in [0.05, 0.1) is 18.4 Å². The van der Waals surface area contributed by atoms with Crippen molar-refractivity contribution < 1.29 is 14.3 Å². The van der Waals surface area contributed by atoms with Gasteiger partial charge in [-0.3, -0.25) is 4.79 Å². The number of rotatable bonds is 8. The number of fused-ring (bicyclic) bond motifs is 1.